The molecule has 2 aliphatic rings. The van der Waals surface area contributed by atoms with Gasteiger partial charge >= 0.3 is 0 Å². The second-order valence-corrected chi connectivity index (χ2v) is 7.98. The molecule has 1 aliphatic carbocycles. The molecule has 0 unspecified atom stereocenters. The van der Waals surface area contributed by atoms with Gasteiger partial charge in [-0.25, -0.2) is 13.2 Å². The molecule has 4 nitrogen and oxygen atoms in total. The molecule has 0 saturated carbocycles. The van der Waals surface area contributed by atoms with E-state index < -0.39 is 23.4 Å². The monoisotopic (exact) mass is 415 g/mol. The number of carbonyl (C=O) groups is 1. The molecule has 0 spiro atoms. The standard InChI is InChI=1S/C23H24F3N3O/c1-13(30)29-7-6-15-3-4-16(9-23(15)29)28-12-14-2-5-17(22(27)8-14)18-10-20(25)21(26)11-19(18)24/h2-4,9-11,17,22,28H,5-8,12,27H2,1H3/t17-,22+/m0/s1. The van der Waals surface area contributed by atoms with Crippen molar-refractivity contribution >= 4 is 17.3 Å². The number of fused-ring (bicyclic) bond motifs is 1. The summed E-state index contributed by atoms with van der Waals surface area (Å²) in [4.78, 5) is 13.6. The number of anilines is 2. The van der Waals surface area contributed by atoms with Gasteiger partial charge in [-0.2, -0.15) is 0 Å². The predicted molar refractivity (Wildman–Crippen MR) is 111 cm³/mol. The Balaban J connectivity index is 1.43. The summed E-state index contributed by atoms with van der Waals surface area (Å²) < 4.78 is 40.9. The number of carbonyl (C=O) groups excluding carboxylic acids is 1. The lowest BCUT2D eigenvalue weighted by molar-refractivity contribution is -0.116. The second-order valence-electron chi connectivity index (χ2n) is 7.98. The molecule has 1 heterocycles. The zero-order valence-corrected chi connectivity index (χ0v) is 16.7. The lowest BCUT2D eigenvalue weighted by Gasteiger charge is -2.29. The van der Waals surface area contributed by atoms with Crippen molar-refractivity contribution in [2.45, 2.75) is 38.1 Å². The van der Waals surface area contributed by atoms with Gasteiger partial charge in [-0.15, -0.1) is 0 Å². The van der Waals surface area contributed by atoms with Crippen molar-refractivity contribution < 1.29 is 18.0 Å². The van der Waals surface area contributed by atoms with Gasteiger partial charge in [0.05, 0.1) is 0 Å². The third kappa shape index (κ3) is 3.94. The molecule has 2 aromatic rings. The molecule has 2 atom stereocenters. The van der Waals surface area contributed by atoms with Gasteiger partial charge in [-0.05, 0) is 48.6 Å². The fourth-order valence-corrected chi connectivity index (χ4v) is 4.35. The molecular formula is C23H24F3N3O. The second kappa shape index (κ2) is 8.14. The predicted octanol–water partition coefficient (Wildman–Crippen LogP) is 4.26. The van der Waals surface area contributed by atoms with Crippen molar-refractivity contribution in [3.63, 3.8) is 0 Å². The molecule has 0 radical (unpaired) electrons. The Kier molecular flexibility index (Phi) is 5.56. The summed E-state index contributed by atoms with van der Waals surface area (Å²) in [6.45, 7) is 2.84. The minimum atomic E-state index is -1.20. The minimum Gasteiger partial charge on any atom is -0.381 e. The zero-order chi connectivity index (χ0) is 21.4. The molecule has 30 heavy (non-hydrogen) atoms. The maximum absolute atomic E-state index is 14.1. The van der Waals surface area contributed by atoms with Gasteiger partial charge in [0.25, 0.3) is 0 Å². The maximum Gasteiger partial charge on any atom is 0.223 e. The molecule has 1 aliphatic heterocycles. The van der Waals surface area contributed by atoms with Gasteiger partial charge in [-0.1, -0.05) is 17.7 Å². The van der Waals surface area contributed by atoms with Gasteiger partial charge in [0.1, 0.15) is 5.82 Å². The summed E-state index contributed by atoms with van der Waals surface area (Å²) in [5.41, 5.74) is 10.5. The van der Waals surface area contributed by atoms with Crippen LogP contribution in [-0.2, 0) is 11.2 Å². The van der Waals surface area contributed by atoms with Crippen molar-refractivity contribution in [1.29, 1.82) is 0 Å². The van der Waals surface area contributed by atoms with E-state index in [1.807, 2.05) is 24.3 Å². The van der Waals surface area contributed by atoms with E-state index in [9.17, 15) is 18.0 Å². The summed E-state index contributed by atoms with van der Waals surface area (Å²) in [5.74, 6) is -3.39. The van der Waals surface area contributed by atoms with Crippen LogP contribution < -0.4 is 16.0 Å². The van der Waals surface area contributed by atoms with Crippen LogP contribution in [0.1, 0.15) is 36.8 Å². The molecule has 0 aromatic heterocycles. The molecular weight excluding hydrogens is 391 g/mol. The molecule has 7 heteroatoms. The molecule has 158 valence electrons. The zero-order valence-electron chi connectivity index (χ0n) is 16.7. The Hall–Kier alpha value is -2.80. The highest BCUT2D eigenvalue weighted by atomic mass is 19.2. The molecule has 2 aromatic carbocycles. The van der Waals surface area contributed by atoms with Crippen molar-refractivity contribution in [1.82, 2.24) is 0 Å². The van der Waals surface area contributed by atoms with Crippen molar-refractivity contribution in [2.24, 2.45) is 5.73 Å². The van der Waals surface area contributed by atoms with Gasteiger partial charge < -0.3 is 16.0 Å². The Labute approximate surface area is 173 Å². The van der Waals surface area contributed by atoms with Crippen LogP contribution in [0.4, 0.5) is 24.5 Å². The third-order valence-electron chi connectivity index (χ3n) is 5.99. The highest BCUT2D eigenvalue weighted by Gasteiger charge is 2.28. The van der Waals surface area contributed by atoms with Gasteiger partial charge in [0, 0.05) is 49.4 Å². The van der Waals surface area contributed by atoms with Gasteiger partial charge in [0.15, 0.2) is 11.6 Å². The minimum absolute atomic E-state index is 0.0300. The largest absolute Gasteiger partial charge is 0.381 e. The first-order valence-corrected chi connectivity index (χ1v) is 10.1. The normalized spacial score (nSPS) is 20.7. The molecule has 1 amide bonds. The van der Waals surface area contributed by atoms with Crippen LogP contribution >= 0.6 is 0 Å². The Bertz CT molecular complexity index is 1020. The first-order valence-electron chi connectivity index (χ1n) is 10.1. The van der Waals surface area contributed by atoms with Crippen LogP contribution in [0, 0.1) is 17.5 Å². The van der Waals surface area contributed by atoms with E-state index >= 15 is 0 Å². The van der Waals surface area contributed by atoms with E-state index in [-0.39, 0.29) is 17.5 Å². The first-order chi connectivity index (χ1) is 14.3. The van der Waals surface area contributed by atoms with E-state index in [4.69, 9.17) is 5.73 Å². The molecule has 0 fully saturated rings. The average molecular weight is 415 g/mol. The number of nitrogens with two attached hydrogens (primary N) is 1. The number of nitrogens with zero attached hydrogens (tertiary/aromatic N) is 1. The first kappa shape index (κ1) is 20.5. The number of allylic oxidation sites excluding steroid dienone is 1. The fraction of sp³-hybridized carbons (Fsp3) is 0.348. The summed E-state index contributed by atoms with van der Waals surface area (Å²) in [6, 6.07) is 7.11. The van der Waals surface area contributed by atoms with Crippen molar-refractivity contribution in [2.75, 3.05) is 23.3 Å². The van der Waals surface area contributed by atoms with Crippen LogP contribution in [0.15, 0.2) is 42.0 Å². The van der Waals surface area contributed by atoms with Crippen LogP contribution in [0.2, 0.25) is 0 Å². The topological polar surface area (TPSA) is 58.4 Å². The molecule has 4 rings (SSSR count). The van der Waals surface area contributed by atoms with Crippen LogP contribution in [0.25, 0.3) is 0 Å². The van der Waals surface area contributed by atoms with E-state index in [1.165, 1.54) is 0 Å². The number of hydrogen-bond acceptors (Lipinski definition) is 3. The SMILES string of the molecule is CC(=O)N1CCc2ccc(NCC3=CC[C@@H](c4cc(F)c(F)cc4F)[C@H](N)C3)cc21. The summed E-state index contributed by atoms with van der Waals surface area (Å²) in [5, 5.41) is 3.36. The lowest BCUT2D eigenvalue weighted by Crippen LogP contribution is -2.33. The number of nitrogens with one attached hydrogen (secondary N) is 1. The van der Waals surface area contributed by atoms with Crippen LogP contribution in [0.3, 0.4) is 0 Å². The Morgan fingerprint density at radius 3 is 2.67 bits per heavy atom. The Morgan fingerprint density at radius 1 is 1.17 bits per heavy atom. The van der Waals surface area contributed by atoms with E-state index in [0.717, 1.165) is 35.0 Å². The third-order valence-corrected chi connectivity index (χ3v) is 5.99. The van der Waals surface area contributed by atoms with E-state index in [1.54, 1.807) is 11.8 Å². The van der Waals surface area contributed by atoms with E-state index in [0.29, 0.717) is 32.0 Å². The number of rotatable bonds is 4. The van der Waals surface area contributed by atoms with E-state index in [2.05, 4.69) is 5.32 Å². The number of hydrogen-bond donors (Lipinski definition) is 2. The molecule has 0 bridgehead atoms. The Morgan fingerprint density at radius 2 is 1.93 bits per heavy atom. The fourth-order valence-electron chi connectivity index (χ4n) is 4.35. The van der Waals surface area contributed by atoms with Gasteiger partial charge in [0.2, 0.25) is 5.91 Å². The molecule has 0 saturated heterocycles. The lowest BCUT2D eigenvalue weighted by atomic mass is 9.80. The van der Waals surface area contributed by atoms with Crippen LogP contribution in [0.5, 0.6) is 0 Å². The quantitative estimate of drug-likeness (QED) is 0.580. The average Bonchev–Trinajstić information content (AvgIpc) is 3.13. The summed E-state index contributed by atoms with van der Waals surface area (Å²) in [7, 11) is 0. The number of halogens is 3. The maximum atomic E-state index is 14.1. The number of amides is 1. The van der Waals surface area contributed by atoms with Crippen molar-refractivity contribution in [3.05, 3.63) is 70.6 Å². The highest BCUT2D eigenvalue weighted by Crippen LogP contribution is 2.35. The number of benzene rings is 2. The highest BCUT2D eigenvalue weighted by molar-refractivity contribution is 5.94. The smallest absolute Gasteiger partial charge is 0.223 e. The van der Waals surface area contributed by atoms with Crippen molar-refractivity contribution in [3.8, 4) is 0 Å². The summed E-state index contributed by atoms with van der Waals surface area (Å²) in [6.07, 6.45) is 3.83. The molecule has 3 N–H and O–H groups in total. The summed E-state index contributed by atoms with van der Waals surface area (Å²) >= 11 is 0. The van der Waals surface area contributed by atoms with Gasteiger partial charge in [-0.3, -0.25) is 4.79 Å². The van der Waals surface area contributed by atoms with Crippen LogP contribution in [-0.4, -0.2) is 25.0 Å².